The van der Waals surface area contributed by atoms with Crippen LogP contribution in [0, 0.1) is 17.8 Å². The molecule has 0 aliphatic heterocycles. The number of aliphatic hydroxyl groups is 1. The number of rotatable bonds is 2. The largest absolute Gasteiger partial charge is 0.390 e. The van der Waals surface area contributed by atoms with Crippen LogP contribution in [0.1, 0.15) is 53.4 Å². The normalized spacial score (nSPS) is 37.8. The Morgan fingerprint density at radius 3 is 2.31 bits per heavy atom. The molecule has 1 unspecified atom stereocenters. The summed E-state index contributed by atoms with van der Waals surface area (Å²) < 4.78 is 0. The summed E-state index contributed by atoms with van der Waals surface area (Å²) in [5.74, 6) is 1.85. The zero-order valence-electron chi connectivity index (χ0n) is 9.51. The molecule has 0 radical (unpaired) electrons. The third kappa shape index (κ3) is 2.46. The zero-order chi connectivity index (χ0) is 10.1. The molecule has 1 heteroatoms. The van der Waals surface area contributed by atoms with Gasteiger partial charge in [0.05, 0.1) is 5.60 Å². The van der Waals surface area contributed by atoms with Crippen LogP contribution in [0.25, 0.3) is 0 Å². The van der Waals surface area contributed by atoms with Gasteiger partial charge in [0.15, 0.2) is 0 Å². The fraction of sp³-hybridized carbons (Fsp3) is 1.00. The predicted molar refractivity (Wildman–Crippen MR) is 56.6 cm³/mol. The lowest BCUT2D eigenvalue weighted by Gasteiger charge is -2.42. The van der Waals surface area contributed by atoms with Crippen LogP contribution in [0.2, 0.25) is 0 Å². The van der Waals surface area contributed by atoms with Gasteiger partial charge in [0, 0.05) is 0 Å². The Labute approximate surface area is 82.5 Å². The second-order valence-corrected chi connectivity index (χ2v) is 5.31. The molecule has 0 saturated heterocycles. The van der Waals surface area contributed by atoms with Crippen molar-refractivity contribution < 1.29 is 5.11 Å². The minimum atomic E-state index is -0.401. The lowest BCUT2D eigenvalue weighted by molar-refractivity contribution is -0.0609. The van der Waals surface area contributed by atoms with Gasteiger partial charge in [0.1, 0.15) is 0 Å². The molecule has 1 aliphatic rings. The van der Waals surface area contributed by atoms with Crippen LogP contribution >= 0.6 is 0 Å². The molecule has 1 nitrogen and oxygen atoms in total. The van der Waals surface area contributed by atoms with E-state index in [1.807, 2.05) is 6.92 Å². The molecule has 1 N–H and O–H groups in total. The second kappa shape index (κ2) is 4.00. The zero-order valence-corrected chi connectivity index (χ0v) is 9.51. The van der Waals surface area contributed by atoms with Gasteiger partial charge in [-0.1, -0.05) is 33.6 Å². The maximum atomic E-state index is 10.3. The first-order valence-corrected chi connectivity index (χ1v) is 5.67. The van der Waals surface area contributed by atoms with E-state index in [1.54, 1.807) is 0 Å². The van der Waals surface area contributed by atoms with Gasteiger partial charge >= 0.3 is 0 Å². The fourth-order valence-corrected chi connectivity index (χ4v) is 2.64. The van der Waals surface area contributed by atoms with Gasteiger partial charge in [0.25, 0.3) is 0 Å². The molecule has 13 heavy (non-hydrogen) atoms. The monoisotopic (exact) mass is 184 g/mol. The topological polar surface area (TPSA) is 20.2 Å². The molecule has 0 heterocycles. The fourth-order valence-electron chi connectivity index (χ4n) is 2.64. The smallest absolute Gasteiger partial charge is 0.0650 e. The highest BCUT2D eigenvalue weighted by Crippen LogP contribution is 2.40. The Balaban J connectivity index is 2.65. The van der Waals surface area contributed by atoms with E-state index in [4.69, 9.17) is 0 Å². The molecule has 1 rings (SSSR count). The van der Waals surface area contributed by atoms with Crippen LogP contribution in [-0.2, 0) is 0 Å². The quantitative estimate of drug-likeness (QED) is 0.698. The lowest BCUT2D eigenvalue weighted by Crippen LogP contribution is -2.42. The van der Waals surface area contributed by atoms with E-state index in [2.05, 4.69) is 20.8 Å². The van der Waals surface area contributed by atoms with Gasteiger partial charge in [0.2, 0.25) is 0 Å². The van der Waals surface area contributed by atoms with E-state index in [0.29, 0.717) is 17.8 Å². The molecule has 3 atom stereocenters. The summed E-state index contributed by atoms with van der Waals surface area (Å²) in [6, 6.07) is 0. The van der Waals surface area contributed by atoms with E-state index >= 15 is 0 Å². The summed E-state index contributed by atoms with van der Waals surface area (Å²) in [4.78, 5) is 0. The van der Waals surface area contributed by atoms with Crippen LogP contribution < -0.4 is 0 Å². The third-order valence-corrected chi connectivity index (χ3v) is 3.93. The van der Waals surface area contributed by atoms with Crippen LogP contribution in [0.4, 0.5) is 0 Å². The molecule has 0 amide bonds. The van der Waals surface area contributed by atoms with E-state index in [9.17, 15) is 5.11 Å². The molecule has 1 aliphatic carbocycles. The van der Waals surface area contributed by atoms with Gasteiger partial charge < -0.3 is 5.11 Å². The molecule has 0 aromatic carbocycles. The van der Waals surface area contributed by atoms with Gasteiger partial charge in [-0.15, -0.1) is 0 Å². The molecule has 0 bridgehead atoms. The summed E-state index contributed by atoms with van der Waals surface area (Å²) in [5.41, 5.74) is -0.401. The van der Waals surface area contributed by atoms with E-state index in [-0.39, 0.29) is 0 Å². The van der Waals surface area contributed by atoms with Crippen molar-refractivity contribution in [3.63, 3.8) is 0 Å². The van der Waals surface area contributed by atoms with E-state index < -0.39 is 5.60 Å². The van der Waals surface area contributed by atoms with Crippen LogP contribution in [0.5, 0.6) is 0 Å². The van der Waals surface area contributed by atoms with Crippen LogP contribution in [-0.4, -0.2) is 10.7 Å². The van der Waals surface area contributed by atoms with Crippen molar-refractivity contribution in [2.24, 2.45) is 17.8 Å². The lowest BCUT2D eigenvalue weighted by atomic mass is 9.68. The highest BCUT2D eigenvalue weighted by atomic mass is 16.3. The van der Waals surface area contributed by atoms with Crippen molar-refractivity contribution in [1.29, 1.82) is 0 Å². The number of hydrogen-bond acceptors (Lipinski definition) is 1. The first-order valence-electron chi connectivity index (χ1n) is 5.67. The van der Waals surface area contributed by atoms with Crippen LogP contribution in [0.15, 0.2) is 0 Å². The van der Waals surface area contributed by atoms with E-state index in [0.717, 1.165) is 6.42 Å². The maximum absolute atomic E-state index is 10.3. The van der Waals surface area contributed by atoms with Crippen molar-refractivity contribution >= 4 is 0 Å². The molecule has 78 valence electrons. The van der Waals surface area contributed by atoms with Gasteiger partial charge in [-0.05, 0) is 37.5 Å². The highest BCUT2D eigenvalue weighted by molar-refractivity contribution is 4.89. The Morgan fingerprint density at radius 2 is 1.85 bits per heavy atom. The third-order valence-electron chi connectivity index (χ3n) is 3.93. The molecule has 1 saturated carbocycles. The minimum Gasteiger partial charge on any atom is -0.390 e. The summed E-state index contributed by atoms with van der Waals surface area (Å²) in [5, 5.41) is 10.3. The summed E-state index contributed by atoms with van der Waals surface area (Å²) in [6.45, 7) is 8.83. The van der Waals surface area contributed by atoms with Gasteiger partial charge in [-0.3, -0.25) is 0 Å². The van der Waals surface area contributed by atoms with Crippen molar-refractivity contribution in [1.82, 2.24) is 0 Å². The molecule has 0 aromatic heterocycles. The number of hydrogen-bond donors (Lipinski definition) is 1. The molecule has 1 fully saturated rings. The van der Waals surface area contributed by atoms with Crippen LogP contribution in [0.3, 0.4) is 0 Å². The standard InChI is InChI=1S/C12H24O/c1-9(2)10(3)11-7-5-6-8-12(11,4)13/h9-11,13H,5-8H2,1-4H3/t10?,11-,12+/m1/s1. The Hall–Kier alpha value is -0.0400. The maximum Gasteiger partial charge on any atom is 0.0650 e. The predicted octanol–water partition coefficient (Wildman–Crippen LogP) is 3.22. The molecular formula is C12H24O. The first-order chi connectivity index (χ1) is 5.95. The second-order valence-electron chi connectivity index (χ2n) is 5.31. The van der Waals surface area contributed by atoms with Gasteiger partial charge in [-0.25, -0.2) is 0 Å². The average molecular weight is 184 g/mol. The summed E-state index contributed by atoms with van der Waals surface area (Å²) >= 11 is 0. The summed E-state index contributed by atoms with van der Waals surface area (Å²) in [7, 11) is 0. The van der Waals surface area contributed by atoms with Crippen molar-refractivity contribution in [3.8, 4) is 0 Å². The highest BCUT2D eigenvalue weighted by Gasteiger charge is 2.38. The average Bonchev–Trinajstić information content (AvgIpc) is 2.02. The van der Waals surface area contributed by atoms with Crippen molar-refractivity contribution in [2.45, 2.75) is 59.0 Å². The van der Waals surface area contributed by atoms with E-state index in [1.165, 1.54) is 19.3 Å². The first kappa shape index (κ1) is 11.0. The van der Waals surface area contributed by atoms with Gasteiger partial charge in [-0.2, -0.15) is 0 Å². The Morgan fingerprint density at radius 1 is 1.23 bits per heavy atom. The molecule has 0 aromatic rings. The Kier molecular flexibility index (Phi) is 3.39. The molecular weight excluding hydrogens is 160 g/mol. The van der Waals surface area contributed by atoms with Crippen molar-refractivity contribution in [3.05, 3.63) is 0 Å². The molecule has 0 spiro atoms. The van der Waals surface area contributed by atoms with Crippen molar-refractivity contribution in [2.75, 3.05) is 0 Å². The SMILES string of the molecule is CC(C)C(C)[C@H]1CCCC[C@]1(C)O. The summed E-state index contributed by atoms with van der Waals surface area (Å²) in [6.07, 6.45) is 4.72. The Bertz CT molecular complexity index is 161. The minimum absolute atomic E-state index is 0.401.